The van der Waals surface area contributed by atoms with E-state index in [1.165, 1.54) is 13.0 Å². The molecule has 0 aromatic carbocycles. The maximum Gasteiger partial charge on any atom is 0.333 e. The van der Waals surface area contributed by atoms with Crippen LogP contribution in [0.4, 0.5) is 0 Å². The molecular weight excluding hydrogens is 194 g/mol. The van der Waals surface area contributed by atoms with Gasteiger partial charge >= 0.3 is 5.97 Å². The summed E-state index contributed by atoms with van der Waals surface area (Å²) in [7, 11) is 0. The Morgan fingerprint density at radius 1 is 1.47 bits per heavy atom. The second kappa shape index (κ2) is 6.96. The van der Waals surface area contributed by atoms with Crippen molar-refractivity contribution >= 4 is 12.0 Å². The summed E-state index contributed by atoms with van der Waals surface area (Å²) in [5.74, 6) is -0.467. The lowest BCUT2D eigenvalue weighted by Crippen LogP contribution is -2.00. The Labute approximate surface area is 89.7 Å². The molecule has 0 aliphatic rings. The highest BCUT2D eigenvalue weighted by Gasteiger charge is 2.08. The first-order valence-corrected chi connectivity index (χ1v) is 5.00. The van der Waals surface area contributed by atoms with Gasteiger partial charge in [-0.05, 0) is 25.7 Å². The fraction of sp³-hybridized carbons (Fsp3) is 0.636. The molecule has 0 saturated carbocycles. The maximum absolute atomic E-state index is 10.7. The Morgan fingerprint density at radius 2 is 2.07 bits per heavy atom. The van der Waals surface area contributed by atoms with Crippen molar-refractivity contribution in [3.8, 4) is 0 Å². The molecule has 0 aromatic heterocycles. The molecule has 0 rings (SSSR count). The predicted molar refractivity (Wildman–Crippen MR) is 57.1 cm³/mol. The minimum Gasteiger partial charge on any atom is -0.478 e. The number of isocyanates is 1. The molecule has 0 aliphatic carbocycles. The van der Waals surface area contributed by atoms with Gasteiger partial charge in [-0.3, -0.25) is 0 Å². The molecule has 15 heavy (non-hydrogen) atoms. The summed E-state index contributed by atoms with van der Waals surface area (Å²) in [4.78, 5) is 24.2. The van der Waals surface area contributed by atoms with E-state index in [0.29, 0.717) is 18.0 Å². The molecule has 0 heterocycles. The number of carbonyl (C=O) groups is 1. The van der Waals surface area contributed by atoms with Crippen molar-refractivity contribution in [1.29, 1.82) is 0 Å². The van der Waals surface area contributed by atoms with Gasteiger partial charge in [-0.15, -0.1) is 0 Å². The molecule has 0 aliphatic heterocycles. The van der Waals surface area contributed by atoms with E-state index in [0.717, 1.165) is 12.8 Å². The van der Waals surface area contributed by atoms with Gasteiger partial charge in [0.05, 0.1) is 11.3 Å². The third-order valence-electron chi connectivity index (χ3n) is 2.13. The van der Waals surface area contributed by atoms with Crippen molar-refractivity contribution in [1.82, 2.24) is 0 Å². The van der Waals surface area contributed by atoms with Crippen molar-refractivity contribution in [3.63, 3.8) is 0 Å². The molecule has 0 saturated heterocycles. The molecule has 0 bridgehead atoms. The Morgan fingerprint density at radius 3 is 2.47 bits per heavy atom. The predicted octanol–water partition coefficient (Wildman–Crippen LogP) is 2.51. The number of hydrogen-bond acceptors (Lipinski definition) is 3. The molecule has 0 fully saturated rings. The number of rotatable bonds is 6. The molecule has 84 valence electrons. The van der Waals surface area contributed by atoms with Gasteiger partial charge in [-0.25, -0.2) is 9.59 Å². The Bertz CT molecular complexity index is 299. The van der Waals surface area contributed by atoms with Gasteiger partial charge in [0.1, 0.15) is 0 Å². The number of carboxylic acid groups (broad SMARTS) is 1. The van der Waals surface area contributed by atoms with Crippen molar-refractivity contribution in [2.45, 2.75) is 40.0 Å². The third kappa shape index (κ3) is 5.81. The third-order valence-corrected chi connectivity index (χ3v) is 2.13. The summed E-state index contributed by atoms with van der Waals surface area (Å²) >= 11 is 0. The largest absolute Gasteiger partial charge is 0.478 e. The number of aliphatic carboxylic acids is 1. The first-order chi connectivity index (χ1) is 6.99. The normalized spacial score (nSPS) is 12.0. The molecule has 1 N–H and O–H groups in total. The van der Waals surface area contributed by atoms with E-state index in [4.69, 9.17) is 5.11 Å². The van der Waals surface area contributed by atoms with Crippen LogP contribution in [0.15, 0.2) is 16.3 Å². The summed E-state index contributed by atoms with van der Waals surface area (Å²) in [6.07, 6.45) is 3.74. The number of hydrogen-bond donors (Lipinski definition) is 1. The van der Waals surface area contributed by atoms with Crippen molar-refractivity contribution < 1.29 is 14.7 Å². The van der Waals surface area contributed by atoms with E-state index < -0.39 is 5.97 Å². The van der Waals surface area contributed by atoms with Crippen LogP contribution < -0.4 is 0 Å². The topological polar surface area (TPSA) is 66.7 Å². The highest BCUT2D eigenvalue weighted by Crippen LogP contribution is 2.16. The summed E-state index contributed by atoms with van der Waals surface area (Å²) in [6, 6.07) is 0. The first kappa shape index (κ1) is 13.6. The van der Waals surface area contributed by atoms with Gasteiger partial charge in [-0.2, -0.15) is 4.99 Å². The van der Waals surface area contributed by atoms with Crippen LogP contribution in [0.1, 0.15) is 40.0 Å². The second-order valence-corrected chi connectivity index (χ2v) is 3.87. The van der Waals surface area contributed by atoms with Crippen LogP contribution in [0.25, 0.3) is 0 Å². The van der Waals surface area contributed by atoms with E-state index in [9.17, 15) is 9.59 Å². The lowest BCUT2D eigenvalue weighted by atomic mass is 10.0. The first-order valence-electron chi connectivity index (χ1n) is 5.00. The van der Waals surface area contributed by atoms with Crippen LogP contribution in [0.5, 0.6) is 0 Å². The average Bonchev–Trinajstić information content (AvgIpc) is 2.14. The molecule has 4 heteroatoms. The van der Waals surface area contributed by atoms with E-state index in [-0.39, 0.29) is 5.57 Å². The highest BCUT2D eigenvalue weighted by atomic mass is 16.4. The Balaban J connectivity index is 4.49. The quantitative estimate of drug-likeness (QED) is 0.417. The zero-order chi connectivity index (χ0) is 11.8. The van der Waals surface area contributed by atoms with Crippen LogP contribution in [0, 0.1) is 5.92 Å². The van der Waals surface area contributed by atoms with E-state index >= 15 is 0 Å². The van der Waals surface area contributed by atoms with Gasteiger partial charge < -0.3 is 5.11 Å². The minimum absolute atomic E-state index is 0.127. The number of carbonyl (C=O) groups excluding carboxylic acids is 1. The molecule has 0 radical (unpaired) electrons. The molecule has 0 aromatic rings. The van der Waals surface area contributed by atoms with Crippen LogP contribution in [-0.4, -0.2) is 17.2 Å². The average molecular weight is 211 g/mol. The van der Waals surface area contributed by atoms with Crippen LogP contribution in [0.3, 0.4) is 0 Å². The summed E-state index contributed by atoms with van der Waals surface area (Å²) in [6.45, 7) is 5.64. The number of nitrogens with zero attached hydrogens (tertiary/aromatic N) is 1. The van der Waals surface area contributed by atoms with Gasteiger partial charge in [0, 0.05) is 0 Å². The van der Waals surface area contributed by atoms with Gasteiger partial charge in [0.2, 0.25) is 6.08 Å². The fourth-order valence-electron chi connectivity index (χ4n) is 1.18. The van der Waals surface area contributed by atoms with Crippen LogP contribution in [0.2, 0.25) is 0 Å². The number of allylic oxidation sites excluding steroid dienone is 1. The molecular formula is C11H17NO3. The van der Waals surface area contributed by atoms with Crippen molar-refractivity contribution in [3.05, 3.63) is 11.3 Å². The molecule has 4 nitrogen and oxygen atoms in total. The molecule has 0 spiro atoms. The number of carboxylic acids is 1. The van der Waals surface area contributed by atoms with Gasteiger partial charge in [0.25, 0.3) is 0 Å². The summed E-state index contributed by atoms with van der Waals surface area (Å²) < 4.78 is 0. The standard InChI is InChI=1S/C11H17NO3/c1-8(2)5-4-6-10(12-7-13)9(3)11(14)15/h8H,4-6H2,1-3H3,(H,14,15). The highest BCUT2D eigenvalue weighted by molar-refractivity contribution is 5.86. The maximum atomic E-state index is 10.7. The number of aliphatic imine (C=N–C) groups is 1. The minimum atomic E-state index is -1.03. The van der Waals surface area contributed by atoms with E-state index in [2.05, 4.69) is 18.8 Å². The van der Waals surface area contributed by atoms with E-state index in [1.54, 1.807) is 0 Å². The zero-order valence-electron chi connectivity index (χ0n) is 9.41. The second-order valence-electron chi connectivity index (χ2n) is 3.87. The van der Waals surface area contributed by atoms with Gasteiger partial charge in [-0.1, -0.05) is 20.3 Å². The molecule has 0 unspecified atom stereocenters. The lowest BCUT2D eigenvalue weighted by Gasteiger charge is -2.05. The van der Waals surface area contributed by atoms with Crippen molar-refractivity contribution in [2.24, 2.45) is 10.9 Å². The fourth-order valence-corrected chi connectivity index (χ4v) is 1.18. The Hall–Kier alpha value is -1.41. The van der Waals surface area contributed by atoms with Gasteiger partial charge in [0.15, 0.2) is 0 Å². The summed E-state index contributed by atoms with van der Waals surface area (Å²) in [5, 5.41) is 8.74. The van der Waals surface area contributed by atoms with E-state index in [1.807, 2.05) is 0 Å². The SMILES string of the molecule is CC(C(=O)O)=C(CCCC(C)C)N=C=O. The van der Waals surface area contributed by atoms with Crippen LogP contribution in [-0.2, 0) is 9.59 Å². The molecule has 0 atom stereocenters. The lowest BCUT2D eigenvalue weighted by molar-refractivity contribution is -0.132. The molecule has 0 amide bonds. The Kier molecular flexibility index (Phi) is 6.30. The summed E-state index contributed by atoms with van der Waals surface area (Å²) in [5.41, 5.74) is 0.459. The van der Waals surface area contributed by atoms with Crippen LogP contribution >= 0.6 is 0 Å². The smallest absolute Gasteiger partial charge is 0.333 e. The monoisotopic (exact) mass is 211 g/mol. The zero-order valence-corrected chi connectivity index (χ0v) is 9.41. The van der Waals surface area contributed by atoms with Crippen molar-refractivity contribution in [2.75, 3.05) is 0 Å².